The first-order valence-electron chi connectivity index (χ1n) is 5.67. The van der Waals surface area contributed by atoms with Crippen LogP contribution in [-0.2, 0) is 20.1 Å². The third-order valence-electron chi connectivity index (χ3n) is 2.74. The van der Waals surface area contributed by atoms with Gasteiger partial charge in [-0.1, -0.05) is 6.07 Å². The van der Waals surface area contributed by atoms with Crippen molar-refractivity contribution in [1.82, 2.24) is 14.9 Å². The van der Waals surface area contributed by atoms with Gasteiger partial charge in [-0.05, 0) is 27.6 Å². The molecule has 1 heterocycles. The maximum Gasteiger partial charge on any atom is 0.283 e. The molecule has 19 heavy (non-hydrogen) atoms. The van der Waals surface area contributed by atoms with Crippen LogP contribution in [0, 0.1) is 10.1 Å². The summed E-state index contributed by atoms with van der Waals surface area (Å²) in [4.78, 5) is 14.6. The van der Waals surface area contributed by atoms with E-state index in [1.54, 1.807) is 18.3 Å². The zero-order valence-corrected chi connectivity index (χ0v) is 11.9. The number of rotatable bonds is 5. The molecule has 0 spiro atoms. The number of hydrogen-bond acceptors (Lipinski definition) is 4. The summed E-state index contributed by atoms with van der Waals surface area (Å²) in [7, 11) is 1.93. The van der Waals surface area contributed by atoms with E-state index in [-0.39, 0.29) is 5.69 Å². The minimum Gasteiger partial charge on any atom is -0.337 e. The predicted octanol–water partition coefficient (Wildman–Crippen LogP) is 2.38. The Morgan fingerprint density at radius 2 is 2.26 bits per heavy atom. The molecule has 7 heteroatoms. The van der Waals surface area contributed by atoms with Crippen molar-refractivity contribution in [3.05, 3.63) is 56.6 Å². The van der Waals surface area contributed by atoms with Crippen LogP contribution in [0.15, 0.2) is 35.1 Å². The molecule has 100 valence electrons. The van der Waals surface area contributed by atoms with Gasteiger partial charge in [0.05, 0.1) is 15.9 Å². The highest BCUT2D eigenvalue weighted by molar-refractivity contribution is 9.10. The average molecular weight is 325 g/mol. The van der Waals surface area contributed by atoms with Crippen LogP contribution in [0.4, 0.5) is 5.69 Å². The van der Waals surface area contributed by atoms with Crippen LogP contribution < -0.4 is 5.32 Å². The highest BCUT2D eigenvalue weighted by atomic mass is 79.9. The van der Waals surface area contributed by atoms with E-state index in [2.05, 4.69) is 26.2 Å². The van der Waals surface area contributed by atoms with E-state index in [1.807, 2.05) is 23.9 Å². The van der Waals surface area contributed by atoms with Crippen LogP contribution >= 0.6 is 15.9 Å². The number of hydrogen-bond donors (Lipinski definition) is 1. The molecule has 6 nitrogen and oxygen atoms in total. The molecule has 0 radical (unpaired) electrons. The number of nitrogens with zero attached hydrogens (tertiary/aromatic N) is 3. The fourth-order valence-corrected chi connectivity index (χ4v) is 2.08. The van der Waals surface area contributed by atoms with E-state index in [0.29, 0.717) is 17.6 Å². The highest BCUT2D eigenvalue weighted by Crippen LogP contribution is 2.25. The molecule has 1 aromatic carbocycles. The van der Waals surface area contributed by atoms with Crippen LogP contribution in [0.3, 0.4) is 0 Å². The molecule has 0 aliphatic rings. The first-order valence-corrected chi connectivity index (χ1v) is 6.47. The van der Waals surface area contributed by atoms with Crippen molar-refractivity contribution in [1.29, 1.82) is 0 Å². The second-order valence-electron chi connectivity index (χ2n) is 4.10. The third kappa shape index (κ3) is 3.39. The van der Waals surface area contributed by atoms with E-state index in [0.717, 1.165) is 11.4 Å². The van der Waals surface area contributed by atoms with E-state index in [9.17, 15) is 10.1 Å². The molecular weight excluding hydrogens is 312 g/mol. The molecule has 2 aromatic rings. The molecule has 2 rings (SSSR count). The van der Waals surface area contributed by atoms with Gasteiger partial charge in [0, 0.05) is 32.1 Å². The van der Waals surface area contributed by atoms with E-state index in [1.165, 1.54) is 0 Å². The molecule has 1 N–H and O–H groups in total. The van der Waals surface area contributed by atoms with Crippen LogP contribution in [0.25, 0.3) is 0 Å². The largest absolute Gasteiger partial charge is 0.337 e. The van der Waals surface area contributed by atoms with Crippen LogP contribution in [0.2, 0.25) is 0 Å². The Morgan fingerprint density at radius 3 is 2.89 bits per heavy atom. The smallest absolute Gasteiger partial charge is 0.283 e. The molecular formula is C12H13BrN4O2. The van der Waals surface area contributed by atoms with Crippen molar-refractivity contribution < 1.29 is 4.92 Å². The molecule has 0 unspecified atom stereocenters. The summed E-state index contributed by atoms with van der Waals surface area (Å²) in [6.07, 6.45) is 3.61. The lowest BCUT2D eigenvalue weighted by atomic mass is 10.2. The number of benzene rings is 1. The number of halogens is 1. The van der Waals surface area contributed by atoms with E-state index in [4.69, 9.17) is 0 Å². The molecule has 0 atom stereocenters. The van der Waals surface area contributed by atoms with Crippen LogP contribution in [-0.4, -0.2) is 14.5 Å². The van der Waals surface area contributed by atoms with Gasteiger partial charge < -0.3 is 9.88 Å². The van der Waals surface area contributed by atoms with Gasteiger partial charge in [-0.3, -0.25) is 10.1 Å². The molecule has 1 aromatic heterocycles. The zero-order valence-electron chi connectivity index (χ0n) is 10.3. The number of nitro groups is 1. The van der Waals surface area contributed by atoms with Crippen molar-refractivity contribution >= 4 is 21.6 Å². The lowest BCUT2D eigenvalue weighted by molar-refractivity contribution is -0.385. The molecule has 0 aliphatic heterocycles. The average Bonchev–Trinajstić information content (AvgIpc) is 2.77. The quantitative estimate of drug-likeness (QED) is 0.677. The second-order valence-corrected chi connectivity index (χ2v) is 4.96. The van der Waals surface area contributed by atoms with Gasteiger partial charge in [0.25, 0.3) is 5.69 Å². The first-order chi connectivity index (χ1) is 9.08. The van der Waals surface area contributed by atoms with Crippen LogP contribution in [0.1, 0.15) is 11.4 Å². The number of imidazole rings is 1. The van der Waals surface area contributed by atoms with Crippen molar-refractivity contribution in [2.24, 2.45) is 7.05 Å². The number of nitro benzene ring substituents is 1. The Kier molecular flexibility index (Phi) is 4.28. The van der Waals surface area contributed by atoms with Gasteiger partial charge in [0.1, 0.15) is 5.82 Å². The normalized spacial score (nSPS) is 10.6. The van der Waals surface area contributed by atoms with Gasteiger partial charge in [-0.2, -0.15) is 0 Å². The predicted molar refractivity (Wildman–Crippen MR) is 74.5 cm³/mol. The van der Waals surface area contributed by atoms with Crippen molar-refractivity contribution in [3.63, 3.8) is 0 Å². The Morgan fingerprint density at radius 1 is 1.47 bits per heavy atom. The molecule has 0 amide bonds. The zero-order chi connectivity index (χ0) is 13.8. The summed E-state index contributed by atoms with van der Waals surface area (Å²) in [5.41, 5.74) is 0.945. The second kappa shape index (κ2) is 5.94. The SMILES string of the molecule is Cn1ccnc1CNCc1ccc(Br)c([N+](=O)[O-])c1. The van der Waals surface area contributed by atoms with Crippen LogP contribution in [0.5, 0.6) is 0 Å². The Labute approximate surface area is 118 Å². The van der Waals surface area contributed by atoms with Crippen molar-refractivity contribution in [2.75, 3.05) is 0 Å². The van der Waals surface area contributed by atoms with E-state index >= 15 is 0 Å². The van der Waals surface area contributed by atoms with Gasteiger partial charge in [-0.15, -0.1) is 0 Å². The lowest BCUT2D eigenvalue weighted by Gasteiger charge is -2.05. The fourth-order valence-electron chi connectivity index (χ4n) is 1.69. The maximum atomic E-state index is 10.8. The van der Waals surface area contributed by atoms with Gasteiger partial charge >= 0.3 is 0 Å². The standard InChI is InChI=1S/C12H13BrN4O2/c1-16-5-4-15-12(16)8-14-7-9-2-3-10(13)11(6-9)17(18)19/h2-6,14H,7-8H2,1H3. The summed E-state index contributed by atoms with van der Waals surface area (Å²) in [5, 5.41) is 14.0. The monoisotopic (exact) mass is 324 g/mol. The molecule has 0 aliphatic carbocycles. The van der Waals surface area contributed by atoms with Crippen molar-refractivity contribution in [3.8, 4) is 0 Å². The lowest BCUT2D eigenvalue weighted by Crippen LogP contribution is -2.15. The highest BCUT2D eigenvalue weighted by Gasteiger charge is 2.12. The molecule has 0 fully saturated rings. The summed E-state index contributed by atoms with van der Waals surface area (Å²) in [6.45, 7) is 1.17. The minimum atomic E-state index is -0.396. The number of aryl methyl sites for hydroxylation is 1. The first kappa shape index (κ1) is 13.7. The number of nitrogens with one attached hydrogen (secondary N) is 1. The summed E-state index contributed by atoms with van der Waals surface area (Å²) in [5.74, 6) is 0.923. The molecule has 0 bridgehead atoms. The summed E-state index contributed by atoms with van der Waals surface area (Å²) < 4.78 is 2.42. The third-order valence-corrected chi connectivity index (χ3v) is 3.41. The van der Waals surface area contributed by atoms with Gasteiger partial charge in [-0.25, -0.2) is 4.98 Å². The Bertz CT molecular complexity index is 597. The van der Waals surface area contributed by atoms with E-state index < -0.39 is 4.92 Å². The minimum absolute atomic E-state index is 0.0799. The summed E-state index contributed by atoms with van der Waals surface area (Å²) in [6, 6.07) is 5.11. The topological polar surface area (TPSA) is 73.0 Å². The van der Waals surface area contributed by atoms with Gasteiger partial charge in [0.2, 0.25) is 0 Å². The Balaban J connectivity index is 1.98. The van der Waals surface area contributed by atoms with Crippen molar-refractivity contribution in [2.45, 2.75) is 13.1 Å². The number of aromatic nitrogens is 2. The molecule has 0 saturated carbocycles. The summed E-state index contributed by atoms with van der Waals surface area (Å²) >= 11 is 3.16. The maximum absolute atomic E-state index is 10.8. The Hall–Kier alpha value is -1.73. The fraction of sp³-hybridized carbons (Fsp3) is 0.250. The van der Waals surface area contributed by atoms with Gasteiger partial charge in [0.15, 0.2) is 0 Å². The molecule has 0 saturated heterocycles.